The van der Waals surface area contributed by atoms with E-state index < -0.39 is 10.0 Å². The molecule has 4 heterocycles. The lowest BCUT2D eigenvalue weighted by molar-refractivity contribution is 0.0809. The molecule has 1 fully saturated rings. The van der Waals surface area contributed by atoms with Gasteiger partial charge in [0.25, 0.3) is 0 Å². The molecule has 0 saturated carbocycles. The first-order valence-corrected chi connectivity index (χ1v) is 14.9. The first-order chi connectivity index (χ1) is 15.3. The van der Waals surface area contributed by atoms with Crippen LogP contribution in [0.4, 0.5) is 4.39 Å². The maximum absolute atomic E-state index is 12.7. The van der Waals surface area contributed by atoms with Crippen LogP contribution in [0, 0.1) is 0 Å². The van der Waals surface area contributed by atoms with Gasteiger partial charge in [0, 0.05) is 60.3 Å². The second-order valence-corrected chi connectivity index (χ2v) is 14.7. The van der Waals surface area contributed by atoms with Crippen LogP contribution >= 0.6 is 26.0 Å². The Hall–Kier alpha value is -1.42. The van der Waals surface area contributed by atoms with Gasteiger partial charge >= 0.3 is 0 Å². The second-order valence-electron chi connectivity index (χ2n) is 9.34. The number of hydrogen-bond acceptors (Lipinski definition) is 4. The van der Waals surface area contributed by atoms with E-state index in [4.69, 9.17) is 4.74 Å². The van der Waals surface area contributed by atoms with E-state index in [2.05, 4.69) is 72.7 Å². The smallest absolute Gasteiger partial charge is 0.139 e. The standard InChI is InChI=1S/C23H33BrFN5OS/c1-32(2,3)11-10-31-17-29-15-18(13-27-29)21-16-30(22-14-26-23(24)12-20(21)22)19-4-7-28(8-5-19)9-6-25/h12-16,19H,4-11,17H2,1-3H3. The highest BCUT2D eigenvalue weighted by Gasteiger charge is 2.23. The summed E-state index contributed by atoms with van der Waals surface area (Å²) in [6, 6.07) is 2.47. The Morgan fingerprint density at radius 1 is 1.19 bits per heavy atom. The van der Waals surface area contributed by atoms with Gasteiger partial charge in [-0.2, -0.15) is 5.10 Å². The van der Waals surface area contributed by atoms with Crippen molar-refractivity contribution < 1.29 is 9.13 Å². The topological polar surface area (TPSA) is 48.1 Å². The lowest BCUT2D eigenvalue weighted by atomic mass is 10.0. The van der Waals surface area contributed by atoms with E-state index in [1.807, 2.05) is 17.1 Å². The largest absolute Gasteiger partial charge is 0.358 e. The first kappa shape index (κ1) is 23.7. The van der Waals surface area contributed by atoms with Crippen molar-refractivity contribution in [1.29, 1.82) is 0 Å². The molecule has 4 rings (SSSR count). The number of halogens is 2. The molecule has 1 aliphatic rings. The van der Waals surface area contributed by atoms with Gasteiger partial charge in [0.15, 0.2) is 0 Å². The number of rotatable bonds is 9. The minimum atomic E-state index is -0.549. The quantitative estimate of drug-likeness (QED) is 0.293. The fourth-order valence-electron chi connectivity index (χ4n) is 4.24. The number of nitrogens with zero attached hydrogens (tertiary/aromatic N) is 5. The number of aromatic nitrogens is 4. The molecule has 0 spiro atoms. The van der Waals surface area contributed by atoms with Crippen molar-refractivity contribution in [2.75, 3.05) is 57.4 Å². The van der Waals surface area contributed by atoms with E-state index in [1.165, 1.54) is 0 Å². The summed E-state index contributed by atoms with van der Waals surface area (Å²) in [5, 5.41) is 5.69. The summed E-state index contributed by atoms with van der Waals surface area (Å²) in [4.78, 5) is 6.70. The molecule has 1 aliphatic heterocycles. The third kappa shape index (κ3) is 5.73. The van der Waals surface area contributed by atoms with Crippen molar-refractivity contribution in [3.63, 3.8) is 0 Å². The Labute approximate surface area is 199 Å². The number of pyridine rings is 1. The van der Waals surface area contributed by atoms with Crippen LogP contribution in [-0.4, -0.2) is 81.7 Å². The number of piperidine rings is 1. The summed E-state index contributed by atoms with van der Waals surface area (Å²) in [6.07, 6.45) is 17.1. The van der Waals surface area contributed by atoms with E-state index >= 15 is 0 Å². The van der Waals surface area contributed by atoms with E-state index in [0.717, 1.165) is 64.9 Å². The molecule has 0 N–H and O–H groups in total. The molecule has 176 valence electrons. The van der Waals surface area contributed by atoms with E-state index in [0.29, 0.717) is 19.3 Å². The summed E-state index contributed by atoms with van der Waals surface area (Å²) in [7, 11) is -0.549. The van der Waals surface area contributed by atoms with Crippen molar-refractivity contribution in [3.8, 4) is 11.1 Å². The Bertz CT molecular complexity index is 1040. The number of fused-ring (bicyclic) bond motifs is 1. The van der Waals surface area contributed by atoms with Crippen molar-refractivity contribution in [3.05, 3.63) is 35.5 Å². The number of alkyl halides is 1. The fraction of sp³-hybridized carbons (Fsp3) is 0.565. The summed E-state index contributed by atoms with van der Waals surface area (Å²) < 4.78 is 23.6. The van der Waals surface area contributed by atoms with Crippen LogP contribution in [0.3, 0.4) is 0 Å². The van der Waals surface area contributed by atoms with E-state index in [1.54, 1.807) is 0 Å². The van der Waals surface area contributed by atoms with Gasteiger partial charge in [0.2, 0.25) is 0 Å². The minimum Gasteiger partial charge on any atom is -0.358 e. The van der Waals surface area contributed by atoms with Gasteiger partial charge in [-0.25, -0.2) is 24.1 Å². The SMILES string of the molecule is CS(C)(C)CCOCn1cc(-c2cn(C3CCN(CCF)CC3)c3cnc(Br)cc23)cn1. The minimum absolute atomic E-state index is 0.274. The Kier molecular flexibility index (Phi) is 7.59. The van der Waals surface area contributed by atoms with Crippen molar-refractivity contribution in [1.82, 2.24) is 24.2 Å². The van der Waals surface area contributed by atoms with Crippen LogP contribution in [0.1, 0.15) is 18.9 Å². The Morgan fingerprint density at radius 3 is 2.69 bits per heavy atom. The third-order valence-electron chi connectivity index (χ3n) is 6.05. The van der Waals surface area contributed by atoms with Crippen molar-refractivity contribution >= 4 is 36.9 Å². The number of likely N-dealkylation sites (tertiary alicyclic amines) is 1. The summed E-state index contributed by atoms with van der Waals surface area (Å²) >= 11 is 3.53. The van der Waals surface area contributed by atoms with Gasteiger partial charge in [0.1, 0.15) is 18.0 Å². The Balaban J connectivity index is 1.53. The zero-order chi connectivity index (χ0) is 22.7. The molecule has 0 bridgehead atoms. The van der Waals surface area contributed by atoms with Gasteiger partial charge in [-0.1, -0.05) is 0 Å². The lowest BCUT2D eigenvalue weighted by Gasteiger charge is -2.32. The average molecular weight is 527 g/mol. The molecule has 0 amide bonds. The maximum atomic E-state index is 12.7. The lowest BCUT2D eigenvalue weighted by Crippen LogP contribution is -2.35. The molecule has 6 nitrogen and oxygen atoms in total. The number of ether oxygens (including phenoxy) is 1. The third-order valence-corrected chi connectivity index (χ3v) is 7.87. The normalized spacial score (nSPS) is 16.8. The zero-order valence-corrected chi connectivity index (χ0v) is 21.5. The Morgan fingerprint density at radius 2 is 1.97 bits per heavy atom. The molecule has 0 aliphatic carbocycles. The van der Waals surface area contributed by atoms with Crippen LogP contribution in [0.2, 0.25) is 0 Å². The number of hydrogen-bond donors (Lipinski definition) is 0. The van der Waals surface area contributed by atoms with Crippen LogP contribution in [-0.2, 0) is 11.5 Å². The molecular weight excluding hydrogens is 493 g/mol. The predicted molar refractivity (Wildman–Crippen MR) is 136 cm³/mol. The van der Waals surface area contributed by atoms with E-state index in [-0.39, 0.29) is 6.67 Å². The summed E-state index contributed by atoms with van der Waals surface area (Å²) in [5.74, 6) is 1.10. The molecule has 0 radical (unpaired) electrons. The maximum Gasteiger partial charge on any atom is 0.139 e. The molecule has 3 aromatic heterocycles. The zero-order valence-electron chi connectivity index (χ0n) is 19.1. The van der Waals surface area contributed by atoms with Crippen LogP contribution in [0.5, 0.6) is 0 Å². The van der Waals surface area contributed by atoms with Gasteiger partial charge < -0.3 is 14.2 Å². The average Bonchev–Trinajstić information content (AvgIpc) is 3.36. The van der Waals surface area contributed by atoms with Gasteiger partial charge in [0.05, 0.1) is 24.5 Å². The summed E-state index contributed by atoms with van der Waals surface area (Å²) in [5.41, 5.74) is 3.36. The van der Waals surface area contributed by atoms with Crippen LogP contribution < -0.4 is 0 Å². The molecule has 9 heteroatoms. The van der Waals surface area contributed by atoms with Gasteiger partial charge in [-0.15, -0.1) is 0 Å². The first-order valence-electron chi connectivity index (χ1n) is 11.0. The molecule has 32 heavy (non-hydrogen) atoms. The molecule has 3 aromatic rings. The summed E-state index contributed by atoms with van der Waals surface area (Å²) in [6.45, 7) is 3.35. The highest BCUT2D eigenvalue weighted by Crippen LogP contribution is 2.36. The molecule has 1 saturated heterocycles. The second kappa shape index (κ2) is 10.2. The van der Waals surface area contributed by atoms with Crippen molar-refractivity contribution in [2.45, 2.75) is 25.6 Å². The highest BCUT2D eigenvalue weighted by atomic mass is 79.9. The predicted octanol–water partition coefficient (Wildman–Crippen LogP) is 4.94. The van der Waals surface area contributed by atoms with Crippen LogP contribution in [0.25, 0.3) is 22.0 Å². The highest BCUT2D eigenvalue weighted by molar-refractivity contribution is 9.10. The molecular formula is C23H33BrFN5OS. The van der Waals surface area contributed by atoms with Crippen LogP contribution in [0.15, 0.2) is 35.5 Å². The molecule has 0 aromatic carbocycles. The van der Waals surface area contributed by atoms with Crippen molar-refractivity contribution in [2.24, 2.45) is 0 Å². The van der Waals surface area contributed by atoms with E-state index in [9.17, 15) is 4.39 Å². The molecule has 0 atom stereocenters. The fourth-order valence-corrected chi connectivity index (χ4v) is 5.18. The molecule has 0 unspecified atom stereocenters. The van der Waals surface area contributed by atoms with Gasteiger partial charge in [-0.05, 0) is 53.6 Å². The monoisotopic (exact) mass is 525 g/mol. The van der Waals surface area contributed by atoms with Gasteiger partial charge in [-0.3, -0.25) is 0 Å².